The predicted molar refractivity (Wildman–Crippen MR) is 118 cm³/mol. The molecule has 0 fully saturated rings. The Hall–Kier alpha value is -2.74. The van der Waals surface area contributed by atoms with Gasteiger partial charge in [-0.1, -0.05) is 29.0 Å². The van der Waals surface area contributed by atoms with E-state index in [0.29, 0.717) is 21.5 Å². The number of aryl methyl sites for hydroxylation is 1. The van der Waals surface area contributed by atoms with Crippen molar-refractivity contribution < 1.29 is 9.21 Å². The average molecular weight is 440 g/mol. The molecule has 0 bridgehead atoms. The number of amides is 1. The Labute approximate surface area is 179 Å². The maximum absolute atomic E-state index is 13.5. The summed E-state index contributed by atoms with van der Waals surface area (Å²) >= 11 is 9.30. The molecule has 2 aromatic carbocycles. The molecule has 0 N–H and O–H groups in total. The van der Waals surface area contributed by atoms with Gasteiger partial charge in [-0.25, -0.2) is 9.97 Å². The summed E-state index contributed by atoms with van der Waals surface area (Å²) < 4.78 is 7.34. The van der Waals surface area contributed by atoms with Crippen LogP contribution in [0.5, 0.6) is 0 Å². The molecule has 144 valence electrons. The van der Waals surface area contributed by atoms with Gasteiger partial charge in [0.25, 0.3) is 5.91 Å². The largest absolute Gasteiger partial charge is 0.467 e. The quantitative estimate of drug-likeness (QED) is 0.329. The van der Waals surface area contributed by atoms with Crippen molar-refractivity contribution in [3.63, 3.8) is 0 Å². The molecule has 0 saturated heterocycles. The lowest BCUT2D eigenvalue weighted by Gasteiger charge is -2.18. The second kappa shape index (κ2) is 7.26. The number of thiazole rings is 2. The van der Waals surface area contributed by atoms with Crippen molar-refractivity contribution in [2.45, 2.75) is 13.5 Å². The molecular formula is C21H14ClN3O2S2. The number of rotatable bonds is 4. The van der Waals surface area contributed by atoms with Gasteiger partial charge in [0, 0.05) is 5.56 Å². The summed E-state index contributed by atoms with van der Waals surface area (Å²) in [5, 5.41) is 1.22. The highest BCUT2D eigenvalue weighted by Gasteiger charge is 2.24. The van der Waals surface area contributed by atoms with E-state index in [1.165, 1.54) is 22.7 Å². The molecular weight excluding hydrogens is 426 g/mol. The normalized spacial score (nSPS) is 11.4. The Bertz CT molecular complexity index is 1300. The van der Waals surface area contributed by atoms with Crippen LogP contribution >= 0.6 is 34.3 Å². The van der Waals surface area contributed by atoms with Gasteiger partial charge in [-0.05, 0) is 48.9 Å². The molecule has 0 unspecified atom stereocenters. The number of carbonyl (C=O) groups excluding carboxylic acids is 1. The smallest absolute Gasteiger partial charge is 0.260 e. The van der Waals surface area contributed by atoms with E-state index in [-0.39, 0.29) is 12.5 Å². The van der Waals surface area contributed by atoms with Crippen LogP contribution in [0.4, 0.5) is 5.13 Å². The number of hydrogen-bond acceptors (Lipinski definition) is 6. The minimum atomic E-state index is -0.149. The minimum absolute atomic E-state index is 0.149. The number of anilines is 1. The number of furan rings is 1. The van der Waals surface area contributed by atoms with E-state index in [1.807, 2.05) is 37.3 Å². The van der Waals surface area contributed by atoms with E-state index in [0.717, 1.165) is 26.0 Å². The van der Waals surface area contributed by atoms with Crippen molar-refractivity contribution in [1.29, 1.82) is 0 Å². The summed E-state index contributed by atoms with van der Waals surface area (Å²) in [4.78, 5) is 24.2. The second-order valence-electron chi connectivity index (χ2n) is 6.54. The van der Waals surface area contributed by atoms with Gasteiger partial charge in [0.2, 0.25) is 0 Å². The van der Waals surface area contributed by atoms with Crippen LogP contribution in [0.25, 0.3) is 20.4 Å². The zero-order valence-electron chi connectivity index (χ0n) is 15.3. The predicted octanol–water partition coefficient (Wildman–Crippen LogP) is 6.31. The molecule has 0 spiro atoms. The molecule has 3 aromatic heterocycles. The van der Waals surface area contributed by atoms with E-state index in [2.05, 4.69) is 4.98 Å². The zero-order valence-corrected chi connectivity index (χ0v) is 17.6. The van der Waals surface area contributed by atoms with Crippen molar-refractivity contribution in [1.82, 2.24) is 9.97 Å². The lowest BCUT2D eigenvalue weighted by Crippen LogP contribution is -2.30. The summed E-state index contributed by atoms with van der Waals surface area (Å²) in [6.45, 7) is 2.27. The third-order valence-electron chi connectivity index (χ3n) is 4.63. The van der Waals surface area contributed by atoms with Crippen LogP contribution in [0.3, 0.4) is 0 Å². The standard InChI is InChI=1S/C21H14ClN3O2S2/c1-12-4-6-15(22)19-18(12)24-21(29-19)25(10-14-3-2-8-27-14)20(26)13-5-7-16-17(9-13)28-11-23-16/h2-9,11H,10H2,1H3. The average Bonchev–Trinajstić information content (AvgIpc) is 3.48. The first-order valence-electron chi connectivity index (χ1n) is 8.83. The summed E-state index contributed by atoms with van der Waals surface area (Å²) in [6, 6.07) is 13.0. The van der Waals surface area contributed by atoms with Crippen molar-refractivity contribution in [2.24, 2.45) is 0 Å². The molecule has 8 heteroatoms. The first-order chi connectivity index (χ1) is 14.1. The molecule has 5 rings (SSSR count). The highest BCUT2D eigenvalue weighted by Crippen LogP contribution is 2.37. The lowest BCUT2D eigenvalue weighted by molar-refractivity contribution is 0.0983. The van der Waals surface area contributed by atoms with Crippen molar-refractivity contribution in [2.75, 3.05) is 4.90 Å². The molecule has 0 aliphatic rings. The topological polar surface area (TPSA) is 59.2 Å². The Morgan fingerprint density at radius 1 is 1.24 bits per heavy atom. The highest BCUT2D eigenvalue weighted by molar-refractivity contribution is 7.23. The summed E-state index contributed by atoms with van der Waals surface area (Å²) in [5.74, 6) is 0.531. The number of benzene rings is 2. The molecule has 0 aliphatic carbocycles. The van der Waals surface area contributed by atoms with Crippen molar-refractivity contribution in [3.05, 3.63) is 76.1 Å². The number of halogens is 1. The van der Waals surface area contributed by atoms with E-state index in [4.69, 9.17) is 21.0 Å². The second-order valence-corrected chi connectivity index (χ2v) is 8.82. The lowest BCUT2D eigenvalue weighted by atomic mass is 10.2. The van der Waals surface area contributed by atoms with Crippen LogP contribution in [-0.2, 0) is 6.54 Å². The summed E-state index contributed by atoms with van der Waals surface area (Å²) in [7, 11) is 0. The molecule has 0 aliphatic heterocycles. The van der Waals surface area contributed by atoms with Crippen LogP contribution in [0.1, 0.15) is 21.7 Å². The molecule has 1 amide bonds. The third kappa shape index (κ3) is 3.31. The van der Waals surface area contributed by atoms with Gasteiger partial charge in [0.1, 0.15) is 5.76 Å². The Balaban J connectivity index is 1.62. The summed E-state index contributed by atoms with van der Waals surface area (Å²) in [6.07, 6.45) is 1.60. The van der Waals surface area contributed by atoms with Crippen LogP contribution in [0.2, 0.25) is 5.02 Å². The number of fused-ring (bicyclic) bond motifs is 2. The monoisotopic (exact) mass is 439 g/mol. The Morgan fingerprint density at radius 3 is 2.93 bits per heavy atom. The van der Waals surface area contributed by atoms with Crippen molar-refractivity contribution >= 4 is 65.7 Å². The Kier molecular flexibility index (Phi) is 4.58. The van der Waals surface area contributed by atoms with E-state index in [9.17, 15) is 4.79 Å². The highest BCUT2D eigenvalue weighted by atomic mass is 35.5. The molecule has 0 saturated carbocycles. The fourth-order valence-corrected chi connectivity index (χ4v) is 5.17. The number of aromatic nitrogens is 2. The maximum Gasteiger partial charge on any atom is 0.260 e. The van der Waals surface area contributed by atoms with Crippen LogP contribution in [0.15, 0.2) is 58.7 Å². The molecule has 5 nitrogen and oxygen atoms in total. The van der Waals surface area contributed by atoms with E-state index >= 15 is 0 Å². The number of nitrogens with zero attached hydrogens (tertiary/aromatic N) is 3. The maximum atomic E-state index is 13.5. The van der Waals surface area contributed by atoms with Crippen molar-refractivity contribution in [3.8, 4) is 0 Å². The van der Waals surface area contributed by atoms with E-state index < -0.39 is 0 Å². The molecule has 5 aromatic rings. The van der Waals surface area contributed by atoms with Gasteiger partial charge in [-0.2, -0.15) is 0 Å². The van der Waals surface area contributed by atoms with Gasteiger partial charge < -0.3 is 4.42 Å². The number of hydrogen-bond donors (Lipinski definition) is 0. The van der Waals surface area contributed by atoms with Gasteiger partial charge in [0.05, 0.1) is 43.8 Å². The van der Waals surface area contributed by atoms with Crippen LogP contribution < -0.4 is 4.90 Å². The van der Waals surface area contributed by atoms with Crippen LogP contribution in [-0.4, -0.2) is 15.9 Å². The first kappa shape index (κ1) is 18.3. The number of carbonyl (C=O) groups is 1. The van der Waals surface area contributed by atoms with Gasteiger partial charge in [0.15, 0.2) is 5.13 Å². The van der Waals surface area contributed by atoms with Gasteiger partial charge in [-0.3, -0.25) is 9.69 Å². The Morgan fingerprint density at radius 2 is 2.14 bits per heavy atom. The first-order valence-corrected chi connectivity index (χ1v) is 10.9. The summed E-state index contributed by atoms with van der Waals surface area (Å²) in [5.41, 5.74) is 5.07. The molecule has 3 heterocycles. The molecule has 0 atom stereocenters. The fourth-order valence-electron chi connectivity index (χ4n) is 3.13. The van der Waals surface area contributed by atoms with Gasteiger partial charge in [-0.15, -0.1) is 11.3 Å². The van der Waals surface area contributed by atoms with Crippen LogP contribution in [0, 0.1) is 6.92 Å². The van der Waals surface area contributed by atoms with E-state index in [1.54, 1.807) is 28.8 Å². The third-order valence-corrected chi connectivity index (χ3v) is 6.96. The zero-order chi connectivity index (χ0) is 20.0. The SMILES string of the molecule is Cc1ccc(Cl)c2sc(N(Cc3ccco3)C(=O)c3ccc4ncsc4c3)nc12. The minimum Gasteiger partial charge on any atom is -0.467 e. The fraction of sp³-hybridized carbons (Fsp3) is 0.0952. The molecule has 0 radical (unpaired) electrons. The molecule has 29 heavy (non-hydrogen) atoms. The van der Waals surface area contributed by atoms with Gasteiger partial charge >= 0.3 is 0 Å².